The zero-order chi connectivity index (χ0) is 16.9. The van der Waals surface area contributed by atoms with Crippen LogP contribution in [0, 0.1) is 13.8 Å². The zero-order valence-electron chi connectivity index (χ0n) is 14.0. The average molecular weight is 324 g/mol. The molecule has 6 heteroatoms. The van der Waals surface area contributed by atoms with E-state index >= 15 is 0 Å². The van der Waals surface area contributed by atoms with E-state index in [-0.39, 0.29) is 0 Å². The van der Waals surface area contributed by atoms with Crippen molar-refractivity contribution in [1.82, 2.24) is 15.1 Å². The maximum absolute atomic E-state index is 5.35. The van der Waals surface area contributed by atoms with Gasteiger partial charge in [0, 0.05) is 42.2 Å². The van der Waals surface area contributed by atoms with Crippen molar-refractivity contribution in [3.8, 4) is 17.0 Å². The van der Waals surface area contributed by atoms with Gasteiger partial charge in [-0.05, 0) is 32.0 Å². The van der Waals surface area contributed by atoms with Crippen LogP contribution in [0.4, 0.5) is 5.69 Å². The quantitative estimate of drug-likeness (QED) is 0.749. The highest BCUT2D eigenvalue weighted by Gasteiger charge is 2.14. The van der Waals surface area contributed by atoms with Crippen LogP contribution in [-0.2, 0) is 6.42 Å². The number of ether oxygens (including phenoxy) is 1. The number of hydrogen-bond acceptors (Lipinski definition) is 6. The van der Waals surface area contributed by atoms with Gasteiger partial charge in [0.05, 0.1) is 18.5 Å². The molecule has 3 aromatic heterocycles. The van der Waals surface area contributed by atoms with Crippen LogP contribution in [0.3, 0.4) is 0 Å². The first-order valence-corrected chi connectivity index (χ1v) is 7.80. The first-order valence-electron chi connectivity index (χ1n) is 7.80. The zero-order valence-corrected chi connectivity index (χ0v) is 14.0. The number of anilines is 1. The van der Waals surface area contributed by atoms with Gasteiger partial charge in [-0.3, -0.25) is 4.98 Å². The normalized spacial score (nSPS) is 10.6. The molecule has 3 rings (SSSR count). The summed E-state index contributed by atoms with van der Waals surface area (Å²) in [5.74, 6) is 1.34. The molecule has 1 N–H and O–H groups in total. The molecule has 0 atom stereocenters. The molecule has 0 spiro atoms. The lowest BCUT2D eigenvalue weighted by molar-refractivity contribution is 0.393. The molecule has 0 aliphatic heterocycles. The standard InChI is InChI=1S/C18H20N4O2/c1-12-17(13(2)24-22-12)14-10-16(18(23-3)21-11-14)20-9-7-15-6-4-5-8-19-15/h4-6,8,10-11,20H,7,9H2,1-3H3. The van der Waals surface area contributed by atoms with Gasteiger partial charge < -0.3 is 14.6 Å². The highest BCUT2D eigenvalue weighted by molar-refractivity contribution is 5.72. The van der Waals surface area contributed by atoms with E-state index in [1.54, 1.807) is 19.5 Å². The van der Waals surface area contributed by atoms with E-state index in [0.29, 0.717) is 5.88 Å². The second kappa shape index (κ2) is 7.12. The molecule has 3 aromatic rings. The van der Waals surface area contributed by atoms with Crippen LogP contribution in [0.5, 0.6) is 5.88 Å². The average Bonchev–Trinajstić information content (AvgIpc) is 2.94. The second-order valence-electron chi connectivity index (χ2n) is 5.48. The Morgan fingerprint density at radius 2 is 2.08 bits per heavy atom. The van der Waals surface area contributed by atoms with Crippen LogP contribution in [0.1, 0.15) is 17.1 Å². The third-order valence-electron chi connectivity index (χ3n) is 3.79. The highest BCUT2D eigenvalue weighted by atomic mass is 16.5. The van der Waals surface area contributed by atoms with Gasteiger partial charge in [0.25, 0.3) is 0 Å². The number of aryl methyl sites for hydroxylation is 2. The lowest BCUT2D eigenvalue weighted by Gasteiger charge is -2.12. The van der Waals surface area contributed by atoms with Crippen molar-refractivity contribution in [2.24, 2.45) is 0 Å². The number of hydrogen-bond donors (Lipinski definition) is 1. The first kappa shape index (κ1) is 16.0. The van der Waals surface area contributed by atoms with Gasteiger partial charge in [-0.1, -0.05) is 11.2 Å². The maximum Gasteiger partial charge on any atom is 0.237 e. The molecule has 0 aliphatic rings. The van der Waals surface area contributed by atoms with Crippen molar-refractivity contribution < 1.29 is 9.26 Å². The summed E-state index contributed by atoms with van der Waals surface area (Å²) in [7, 11) is 1.61. The molecule has 24 heavy (non-hydrogen) atoms. The highest BCUT2D eigenvalue weighted by Crippen LogP contribution is 2.31. The Hall–Kier alpha value is -2.89. The van der Waals surface area contributed by atoms with Crippen molar-refractivity contribution in [3.63, 3.8) is 0 Å². The summed E-state index contributed by atoms with van der Waals surface area (Å²) in [4.78, 5) is 8.72. The second-order valence-corrected chi connectivity index (χ2v) is 5.48. The monoisotopic (exact) mass is 324 g/mol. The van der Waals surface area contributed by atoms with E-state index in [0.717, 1.165) is 46.9 Å². The molecule has 0 amide bonds. The molecule has 0 saturated carbocycles. The summed E-state index contributed by atoms with van der Waals surface area (Å²) >= 11 is 0. The summed E-state index contributed by atoms with van der Waals surface area (Å²) in [6, 6.07) is 7.92. The number of nitrogens with zero attached hydrogens (tertiary/aromatic N) is 3. The molecular weight excluding hydrogens is 304 g/mol. The molecule has 0 saturated heterocycles. The van der Waals surface area contributed by atoms with Crippen LogP contribution < -0.4 is 10.1 Å². The fraction of sp³-hybridized carbons (Fsp3) is 0.278. The third kappa shape index (κ3) is 3.37. The van der Waals surface area contributed by atoms with Gasteiger partial charge in [0.15, 0.2) is 0 Å². The predicted molar refractivity (Wildman–Crippen MR) is 92.2 cm³/mol. The minimum Gasteiger partial charge on any atom is -0.480 e. The Bertz CT molecular complexity index is 796. The first-order chi connectivity index (χ1) is 11.7. The fourth-order valence-electron chi connectivity index (χ4n) is 2.64. The number of aromatic nitrogens is 3. The van der Waals surface area contributed by atoms with Gasteiger partial charge in [-0.2, -0.15) is 0 Å². The lowest BCUT2D eigenvalue weighted by atomic mass is 10.1. The minimum absolute atomic E-state index is 0.562. The van der Waals surface area contributed by atoms with E-state index in [1.807, 2.05) is 38.1 Å². The van der Waals surface area contributed by atoms with E-state index in [9.17, 15) is 0 Å². The smallest absolute Gasteiger partial charge is 0.237 e. The van der Waals surface area contributed by atoms with Crippen molar-refractivity contribution in [1.29, 1.82) is 0 Å². The van der Waals surface area contributed by atoms with Gasteiger partial charge >= 0.3 is 0 Å². The summed E-state index contributed by atoms with van der Waals surface area (Å²) in [5.41, 5.74) is 4.65. The maximum atomic E-state index is 5.35. The number of nitrogens with one attached hydrogen (secondary N) is 1. The molecule has 0 fully saturated rings. The SMILES string of the molecule is COc1ncc(-c2c(C)noc2C)cc1NCCc1ccccn1. The van der Waals surface area contributed by atoms with E-state index in [1.165, 1.54) is 0 Å². The van der Waals surface area contributed by atoms with Crippen LogP contribution in [0.15, 0.2) is 41.2 Å². The van der Waals surface area contributed by atoms with Crippen LogP contribution in [0.25, 0.3) is 11.1 Å². The minimum atomic E-state index is 0.562. The lowest BCUT2D eigenvalue weighted by Crippen LogP contribution is -2.08. The molecule has 0 bridgehead atoms. The fourth-order valence-corrected chi connectivity index (χ4v) is 2.64. The van der Waals surface area contributed by atoms with Gasteiger partial charge in [-0.25, -0.2) is 4.98 Å². The van der Waals surface area contributed by atoms with Gasteiger partial charge in [0.2, 0.25) is 5.88 Å². The Kier molecular flexibility index (Phi) is 4.74. The van der Waals surface area contributed by atoms with Gasteiger partial charge in [-0.15, -0.1) is 0 Å². The van der Waals surface area contributed by atoms with Crippen molar-refractivity contribution >= 4 is 5.69 Å². The Morgan fingerprint density at radius 1 is 1.21 bits per heavy atom. The van der Waals surface area contributed by atoms with E-state index in [2.05, 4.69) is 20.4 Å². The van der Waals surface area contributed by atoms with Crippen LogP contribution in [0.2, 0.25) is 0 Å². The number of methoxy groups -OCH3 is 1. The van der Waals surface area contributed by atoms with Crippen molar-refractivity contribution in [2.75, 3.05) is 19.0 Å². The summed E-state index contributed by atoms with van der Waals surface area (Å²) in [6.07, 6.45) is 4.39. The number of rotatable bonds is 6. The number of pyridine rings is 2. The summed E-state index contributed by atoms with van der Waals surface area (Å²) < 4.78 is 10.6. The van der Waals surface area contributed by atoms with Crippen molar-refractivity contribution in [3.05, 3.63) is 53.8 Å². The largest absolute Gasteiger partial charge is 0.480 e. The van der Waals surface area contributed by atoms with E-state index < -0.39 is 0 Å². The van der Waals surface area contributed by atoms with Crippen LogP contribution >= 0.6 is 0 Å². The molecule has 124 valence electrons. The van der Waals surface area contributed by atoms with Crippen LogP contribution in [-0.4, -0.2) is 28.8 Å². The predicted octanol–water partition coefficient (Wildman–Crippen LogP) is 3.41. The molecule has 3 heterocycles. The molecule has 0 unspecified atom stereocenters. The molecule has 0 aliphatic carbocycles. The Morgan fingerprint density at radius 3 is 2.75 bits per heavy atom. The molecule has 0 radical (unpaired) electrons. The van der Waals surface area contributed by atoms with Crippen molar-refractivity contribution in [2.45, 2.75) is 20.3 Å². The molecule has 0 aromatic carbocycles. The summed E-state index contributed by atoms with van der Waals surface area (Å²) in [6.45, 7) is 4.55. The van der Waals surface area contributed by atoms with E-state index in [4.69, 9.17) is 9.26 Å². The Balaban J connectivity index is 1.80. The summed E-state index contributed by atoms with van der Waals surface area (Å²) in [5, 5.41) is 7.38. The Labute approximate surface area is 140 Å². The third-order valence-corrected chi connectivity index (χ3v) is 3.79. The topological polar surface area (TPSA) is 73.1 Å². The van der Waals surface area contributed by atoms with Gasteiger partial charge in [0.1, 0.15) is 5.76 Å². The molecule has 6 nitrogen and oxygen atoms in total. The molecular formula is C18H20N4O2.